The van der Waals surface area contributed by atoms with Crippen molar-refractivity contribution in [3.05, 3.63) is 41.3 Å². The van der Waals surface area contributed by atoms with Gasteiger partial charge in [0, 0.05) is 23.4 Å². The zero-order valence-corrected chi connectivity index (χ0v) is 16.3. The van der Waals surface area contributed by atoms with Gasteiger partial charge in [-0.1, -0.05) is 12.1 Å². The van der Waals surface area contributed by atoms with Gasteiger partial charge < -0.3 is 15.4 Å². The van der Waals surface area contributed by atoms with Crippen molar-refractivity contribution in [2.75, 3.05) is 10.6 Å². The Hall–Kier alpha value is -1.61. The molecule has 0 bridgehead atoms. The Balaban J connectivity index is 1.69. The van der Waals surface area contributed by atoms with Gasteiger partial charge in [-0.15, -0.1) is 11.3 Å². The van der Waals surface area contributed by atoms with Crippen LogP contribution in [-0.2, 0) is 16.0 Å². The maximum absolute atomic E-state index is 12.5. The van der Waals surface area contributed by atoms with Crippen molar-refractivity contribution >= 4 is 58.0 Å². The fraction of sp³-hybridized carbons (Fsp3) is 0.294. The van der Waals surface area contributed by atoms with Crippen LogP contribution >= 0.6 is 35.5 Å². The number of carbonyl (C=O) groups is 1. The Morgan fingerprint density at radius 3 is 3.04 bits per heavy atom. The van der Waals surface area contributed by atoms with Gasteiger partial charge in [-0.25, -0.2) is 4.72 Å². The lowest BCUT2D eigenvalue weighted by atomic mass is 10.0. The SMILES string of the molecule is CC1Cc2c(NC(=O)C(C)NSc3cccs3)cccc2NC(=S)O1. The number of benzene rings is 1. The average molecular weight is 394 g/mol. The number of anilines is 2. The minimum atomic E-state index is -0.337. The van der Waals surface area contributed by atoms with E-state index in [1.165, 1.54) is 11.9 Å². The second-order valence-corrected chi connectivity index (χ2v) is 8.20. The normalized spacial score (nSPS) is 17.7. The van der Waals surface area contributed by atoms with Gasteiger partial charge in [0.05, 0.1) is 10.3 Å². The van der Waals surface area contributed by atoms with E-state index in [1.807, 2.05) is 49.6 Å². The summed E-state index contributed by atoms with van der Waals surface area (Å²) < 4.78 is 9.86. The molecule has 0 aliphatic carbocycles. The van der Waals surface area contributed by atoms with E-state index in [-0.39, 0.29) is 18.1 Å². The molecule has 3 N–H and O–H groups in total. The number of thiocarbonyl (C=S) groups is 1. The maximum atomic E-state index is 12.5. The zero-order chi connectivity index (χ0) is 17.8. The van der Waals surface area contributed by atoms with E-state index < -0.39 is 0 Å². The van der Waals surface area contributed by atoms with Crippen LogP contribution in [0.2, 0.25) is 0 Å². The molecule has 2 atom stereocenters. The molecule has 0 fully saturated rings. The Morgan fingerprint density at radius 2 is 2.28 bits per heavy atom. The molecule has 1 aliphatic rings. The highest BCUT2D eigenvalue weighted by molar-refractivity contribution is 7.99. The van der Waals surface area contributed by atoms with Gasteiger partial charge in [0.15, 0.2) is 0 Å². The number of hydrogen-bond donors (Lipinski definition) is 3. The molecule has 25 heavy (non-hydrogen) atoms. The topological polar surface area (TPSA) is 62.4 Å². The van der Waals surface area contributed by atoms with Crippen molar-refractivity contribution in [3.63, 3.8) is 0 Å². The number of fused-ring (bicyclic) bond motifs is 1. The first-order chi connectivity index (χ1) is 12.0. The zero-order valence-electron chi connectivity index (χ0n) is 13.9. The molecule has 2 aromatic rings. The fourth-order valence-corrected chi connectivity index (χ4v) is 4.23. The molecule has 3 rings (SSSR count). The predicted molar refractivity (Wildman–Crippen MR) is 108 cm³/mol. The fourth-order valence-electron chi connectivity index (χ4n) is 2.45. The van der Waals surface area contributed by atoms with Gasteiger partial charge in [0.1, 0.15) is 6.10 Å². The van der Waals surface area contributed by atoms with Crippen LogP contribution in [0.25, 0.3) is 0 Å². The highest BCUT2D eigenvalue weighted by Crippen LogP contribution is 2.29. The lowest BCUT2D eigenvalue weighted by Gasteiger charge is -2.17. The molecule has 2 heterocycles. The molecular formula is C17H19N3O2S3. The van der Waals surface area contributed by atoms with Crippen molar-refractivity contribution < 1.29 is 9.53 Å². The van der Waals surface area contributed by atoms with E-state index in [4.69, 9.17) is 17.0 Å². The van der Waals surface area contributed by atoms with Crippen LogP contribution in [0.15, 0.2) is 39.9 Å². The third-order valence-electron chi connectivity index (χ3n) is 3.70. The first-order valence-electron chi connectivity index (χ1n) is 7.89. The summed E-state index contributed by atoms with van der Waals surface area (Å²) in [5.74, 6) is -0.0853. The summed E-state index contributed by atoms with van der Waals surface area (Å²) in [5.41, 5.74) is 2.66. The predicted octanol–water partition coefficient (Wildman–Crippen LogP) is 4.03. The Morgan fingerprint density at radius 1 is 1.44 bits per heavy atom. The molecular weight excluding hydrogens is 374 g/mol. The Kier molecular flexibility index (Phi) is 5.95. The highest BCUT2D eigenvalue weighted by atomic mass is 32.2. The molecule has 0 saturated carbocycles. The number of rotatable bonds is 5. The number of carbonyl (C=O) groups excluding carboxylic acids is 1. The van der Waals surface area contributed by atoms with E-state index >= 15 is 0 Å². The summed E-state index contributed by atoms with van der Waals surface area (Å²) in [7, 11) is 0. The summed E-state index contributed by atoms with van der Waals surface area (Å²) in [6.07, 6.45) is 0.620. The molecule has 0 radical (unpaired) electrons. The molecule has 1 aromatic heterocycles. The van der Waals surface area contributed by atoms with Crippen molar-refractivity contribution in [2.24, 2.45) is 0 Å². The smallest absolute Gasteiger partial charge is 0.261 e. The van der Waals surface area contributed by atoms with E-state index in [2.05, 4.69) is 15.4 Å². The van der Waals surface area contributed by atoms with Gasteiger partial charge in [-0.2, -0.15) is 0 Å². The third-order valence-corrected chi connectivity index (χ3v) is 5.90. The highest BCUT2D eigenvalue weighted by Gasteiger charge is 2.21. The number of amides is 1. The van der Waals surface area contributed by atoms with E-state index in [9.17, 15) is 4.79 Å². The summed E-state index contributed by atoms with van der Waals surface area (Å²) in [5, 5.41) is 8.46. The molecule has 8 heteroatoms. The molecule has 1 aromatic carbocycles. The molecule has 0 saturated heterocycles. The van der Waals surface area contributed by atoms with Crippen LogP contribution in [0, 0.1) is 0 Å². The lowest BCUT2D eigenvalue weighted by Crippen LogP contribution is -2.34. The summed E-state index contributed by atoms with van der Waals surface area (Å²) in [6.45, 7) is 3.81. The minimum absolute atomic E-state index is 0.0516. The summed E-state index contributed by atoms with van der Waals surface area (Å²) in [4.78, 5) is 12.5. The summed E-state index contributed by atoms with van der Waals surface area (Å²) in [6, 6.07) is 9.39. The number of thiophene rings is 1. The summed E-state index contributed by atoms with van der Waals surface area (Å²) >= 11 is 8.26. The van der Waals surface area contributed by atoms with E-state index in [0.717, 1.165) is 21.1 Å². The second kappa shape index (κ2) is 8.18. The molecule has 0 spiro atoms. The van der Waals surface area contributed by atoms with Crippen LogP contribution in [0.1, 0.15) is 19.4 Å². The Bertz CT molecular complexity index is 765. The molecule has 2 unspecified atom stereocenters. The Labute approximate surface area is 160 Å². The van der Waals surface area contributed by atoms with Gasteiger partial charge in [-0.3, -0.25) is 4.79 Å². The number of nitrogens with one attached hydrogen (secondary N) is 3. The van der Waals surface area contributed by atoms with E-state index in [1.54, 1.807) is 11.3 Å². The van der Waals surface area contributed by atoms with Crippen LogP contribution in [0.5, 0.6) is 0 Å². The number of ether oxygens (including phenoxy) is 1. The van der Waals surface area contributed by atoms with Crippen molar-refractivity contribution in [1.29, 1.82) is 0 Å². The van der Waals surface area contributed by atoms with Gasteiger partial charge >= 0.3 is 0 Å². The monoisotopic (exact) mass is 393 g/mol. The number of hydrogen-bond acceptors (Lipinski definition) is 6. The molecule has 1 amide bonds. The van der Waals surface area contributed by atoms with Gasteiger partial charge in [0.2, 0.25) is 5.91 Å². The van der Waals surface area contributed by atoms with Gasteiger partial charge in [0.25, 0.3) is 5.17 Å². The first kappa shape index (κ1) is 18.2. The molecule has 1 aliphatic heterocycles. The lowest BCUT2D eigenvalue weighted by molar-refractivity contribution is -0.117. The minimum Gasteiger partial charge on any atom is -0.467 e. The van der Waals surface area contributed by atoms with Crippen LogP contribution in [-0.4, -0.2) is 23.2 Å². The standard InChI is InChI=1S/C17H19N3O2S3/c1-10-9-12-13(5-3-6-14(12)19-17(23)22-10)18-16(21)11(2)20-25-15-7-4-8-24-15/h3-8,10-11,20H,9H2,1-2H3,(H,18,21)(H,19,23). The van der Waals surface area contributed by atoms with Crippen molar-refractivity contribution in [1.82, 2.24) is 4.72 Å². The quantitative estimate of drug-likeness (QED) is 0.527. The second-order valence-electron chi connectivity index (χ2n) is 5.74. The molecule has 5 nitrogen and oxygen atoms in total. The van der Waals surface area contributed by atoms with Gasteiger partial charge in [-0.05, 0) is 61.6 Å². The average Bonchev–Trinajstić information content (AvgIpc) is 3.03. The molecule has 132 valence electrons. The largest absolute Gasteiger partial charge is 0.467 e. The van der Waals surface area contributed by atoms with Crippen LogP contribution < -0.4 is 15.4 Å². The van der Waals surface area contributed by atoms with E-state index in [0.29, 0.717) is 11.6 Å². The van der Waals surface area contributed by atoms with Crippen LogP contribution in [0.3, 0.4) is 0 Å². The maximum Gasteiger partial charge on any atom is 0.261 e. The van der Waals surface area contributed by atoms with Crippen LogP contribution in [0.4, 0.5) is 11.4 Å². The third kappa shape index (κ3) is 4.72. The first-order valence-corrected chi connectivity index (χ1v) is 9.99. The van der Waals surface area contributed by atoms with Crippen molar-refractivity contribution in [2.45, 2.75) is 36.6 Å². The van der Waals surface area contributed by atoms with Crippen molar-refractivity contribution in [3.8, 4) is 0 Å².